The fourth-order valence-electron chi connectivity index (χ4n) is 2.67. The number of thiazole rings is 1. The van der Waals surface area contributed by atoms with Gasteiger partial charge in [-0.3, -0.25) is 9.48 Å². The Morgan fingerprint density at radius 2 is 2.04 bits per heavy atom. The molecule has 0 bridgehead atoms. The van der Waals surface area contributed by atoms with Crippen LogP contribution < -0.4 is 11.1 Å². The minimum Gasteiger partial charge on any atom is -0.346 e. The zero-order valence-electron chi connectivity index (χ0n) is 14.3. The second-order valence-corrected chi connectivity index (χ2v) is 6.75. The lowest BCUT2D eigenvalue weighted by Crippen LogP contribution is -2.24. The van der Waals surface area contributed by atoms with E-state index < -0.39 is 0 Å². The molecule has 2 heterocycles. The maximum absolute atomic E-state index is 12.2. The van der Waals surface area contributed by atoms with Crippen molar-refractivity contribution in [1.82, 2.24) is 20.1 Å². The van der Waals surface area contributed by atoms with Crippen molar-refractivity contribution in [2.24, 2.45) is 5.73 Å². The Hall–Kier alpha value is -2.51. The standard InChI is InChI=1S/C18H21N5OS/c1-12-15(9-20-18(24)16-11-25-17(8-19)21-16)13(2)23(22-12)10-14-6-4-3-5-7-14/h3-7,11H,8-10,19H2,1-2H3,(H,20,24). The van der Waals surface area contributed by atoms with E-state index in [9.17, 15) is 4.79 Å². The lowest BCUT2D eigenvalue weighted by Gasteiger charge is -2.07. The summed E-state index contributed by atoms with van der Waals surface area (Å²) in [5, 5.41) is 10.0. The molecule has 0 aliphatic carbocycles. The molecule has 7 heteroatoms. The highest BCUT2D eigenvalue weighted by molar-refractivity contribution is 7.09. The van der Waals surface area contributed by atoms with E-state index in [4.69, 9.17) is 5.73 Å². The molecular formula is C18H21N5OS. The number of amides is 1. The number of nitrogens with one attached hydrogen (secondary N) is 1. The van der Waals surface area contributed by atoms with Crippen molar-refractivity contribution in [3.05, 3.63) is 68.9 Å². The molecule has 0 aliphatic rings. The van der Waals surface area contributed by atoms with Crippen LogP contribution in [0.25, 0.3) is 0 Å². The van der Waals surface area contributed by atoms with Gasteiger partial charge in [-0.1, -0.05) is 30.3 Å². The second-order valence-electron chi connectivity index (χ2n) is 5.81. The molecule has 25 heavy (non-hydrogen) atoms. The third-order valence-electron chi connectivity index (χ3n) is 4.09. The van der Waals surface area contributed by atoms with Crippen LogP contribution in [0.2, 0.25) is 0 Å². The van der Waals surface area contributed by atoms with E-state index >= 15 is 0 Å². The number of benzene rings is 1. The van der Waals surface area contributed by atoms with Gasteiger partial charge in [-0.25, -0.2) is 4.98 Å². The minimum absolute atomic E-state index is 0.189. The lowest BCUT2D eigenvalue weighted by molar-refractivity contribution is 0.0946. The van der Waals surface area contributed by atoms with Gasteiger partial charge in [-0.15, -0.1) is 11.3 Å². The quantitative estimate of drug-likeness (QED) is 0.711. The van der Waals surface area contributed by atoms with Gasteiger partial charge in [-0.05, 0) is 19.4 Å². The summed E-state index contributed by atoms with van der Waals surface area (Å²) in [4.78, 5) is 16.4. The lowest BCUT2D eigenvalue weighted by atomic mass is 10.2. The number of carbonyl (C=O) groups is 1. The predicted octanol–water partition coefficient (Wildman–Crippen LogP) is 2.39. The van der Waals surface area contributed by atoms with Gasteiger partial charge >= 0.3 is 0 Å². The predicted molar refractivity (Wildman–Crippen MR) is 98.4 cm³/mol. The summed E-state index contributed by atoms with van der Waals surface area (Å²) in [5.41, 5.74) is 10.2. The molecule has 6 nitrogen and oxygen atoms in total. The summed E-state index contributed by atoms with van der Waals surface area (Å²) in [6.07, 6.45) is 0. The van der Waals surface area contributed by atoms with Crippen LogP contribution in [0.5, 0.6) is 0 Å². The zero-order chi connectivity index (χ0) is 17.8. The normalized spacial score (nSPS) is 10.8. The molecule has 0 atom stereocenters. The Morgan fingerprint density at radius 1 is 1.28 bits per heavy atom. The van der Waals surface area contributed by atoms with Crippen molar-refractivity contribution < 1.29 is 4.79 Å². The van der Waals surface area contributed by atoms with Gasteiger partial charge in [0.2, 0.25) is 0 Å². The average molecular weight is 355 g/mol. The Kier molecular flexibility index (Phi) is 5.25. The number of aromatic nitrogens is 3. The first kappa shape index (κ1) is 17.3. The molecule has 3 aromatic rings. The van der Waals surface area contributed by atoms with Gasteiger partial charge in [0.05, 0.1) is 12.2 Å². The van der Waals surface area contributed by atoms with Crippen molar-refractivity contribution in [3.8, 4) is 0 Å². The van der Waals surface area contributed by atoms with Gasteiger partial charge in [0.1, 0.15) is 10.7 Å². The molecule has 0 aliphatic heterocycles. The first-order valence-corrected chi connectivity index (χ1v) is 8.96. The zero-order valence-corrected chi connectivity index (χ0v) is 15.1. The van der Waals surface area contributed by atoms with Gasteiger partial charge in [-0.2, -0.15) is 5.10 Å². The van der Waals surface area contributed by atoms with Crippen LogP contribution in [-0.4, -0.2) is 20.7 Å². The summed E-state index contributed by atoms with van der Waals surface area (Å²) in [6, 6.07) is 10.2. The van der Waals surface area contributed by atoms with Crippen molar-refractivity contribution in [2.45, 2.75) is 33.5 Å². The molecule has 3 rings (SSSR count). The number of nitrogens with two attached hydrogens (primary N) is 1. The Labute approximate surface area is 150 Å². The summed E-state index contributed by atoms with van der Waals surface area (Å²) in [7, 11) is 0. The highest BCUT2D eigenvalue weighted by Crippen LogP contribution is 2.15. The number of hydrogen-bond acceptors (Lipinski definition) is 5. The van der Waals surface area contributed by atoms with Gasteiger partial charge < -0.3 is 11.1 Å². The average Bonchev–Trinajstić information content (AvgIpc) is 3.20. The number of hydrogen-bond donors (Lipinski definition) is 2. The van der Waals surface area contributed by atoms with Gasteiger partial charge in [0.15, 0.2) is 0 Å². The molecule has 1 aromatic carbocycles. The van der Waals surface area contributed by atoms with E-state index in [2.05, 4.69) is 27.5 Å². The van der Waals surface area contributed by atoms with Crippen molar-refractivity contribution in [2.75, 3.05) is 0 Å². The van der Waals surface area contributed by atoms with E-state index in [1.165, 1.54) is 16.9 Å². The van der Waals surface area contributed by atoms with Crippen LogP contribution in [0.15, 0.2) is 35.7 Å². The first-order valence-electron chi connectivity index (χ1n) is 8.08. The molecule has 0 spiro atoms. The Morgan fingerprint density at radius 3 is 2.72 bits per heavy atom. The van der Waals surface area contributed by atoms with Crippen molar-refractivity contribution in [3.63, 3.8) is 0 Å². The van der Waals surface area contributed by atoms with Crippen LogP contribution in [0.4, 0.5) is 0 Å². The summed E-state index contributed by atoms with van der Waals surface area (Å²) in [5.74, 6) is -0.189. The molecule has 0 saturated carbocycles. The van der Waals surface area contributed by atoms with Crippen LogP contribution in [-0.2, 0) is 19.6 Å². The number of nitrogens with zero attached hydrogens (tertiary/aromatic N) is 3. The van der Waals surface area contributed by atoms with Crippen LogP contribution in [0, 0.1) is 13.8 Å². The van der Waals surface area contributed by atoms with E-state index in [0.717, 1.165) is 22.0 Å². The summed E-state index contributed by atoms with van der Waals surface area (Å²) in [6.45, 7) is 5.49. The molecule has 2 aromatic heterocycles. The van der Waals surface area contributed by atoms with Crippen molar-refractivity contribution >= 4 is 17.2 Å². The third kappa shape index (κ3) is 3.94. The number of aryl methyl sites for hydroxylation is 1. The maximum Gasteiger partial charge on any atom is 0.271 e. The van der Waals surface area contributed by atoms with E-state index in [1.54, 1.807) is 5.38 Å². The van der Waals surface area contributed by atoms with E-state index in [-0.39, 0.29) is 5.91 Å². The van der Waals surface area contributed by atoms with Crippen molar-refractivity contribution in [1.29, 1.82) is 0 Å². The fraction of sp³-hybridized carbons (Fsp3) is 0.278. The smallest absolute Gasteiger partial charge is 0.271 e. The molecule has 3 N–H and O–H groups in total. The van der Waals surface area contributed by atoms with Gasteiger partial charge in [0.25, 0.3) is 5.91 Å². The summed E-state index contributed by atoms with van der Waals surface area (Å²) >= 11 is 1.40. The molecule has 130 valence electrons. The Bertz CT molecular complexity index is 869. The topological polar surface area (TPSA) is 85.8 Å². The SMILES string of the molecule is Cc1nn(Cc2ccccc2)c(C)c1CNC(=O)c1csc(CN)n1. The molecule has 0 saturated heterocycles. The van der Waals surface area contributed by atoms with E-state index in [0.29, 0.717) is 25.3 Å². The van der Waals surface area contributed by atoms with E-state index in [1.807, 2.05) is 36.7 Å². The molecule has 0 fully saturated rings. The molecule has 0 unspecified atom stereocenters. The molecule has 1 amide bonds. The highest BCUT2D eigenvalue weighted by atomic mass is 32.1. The monoisotopic (exact) mass is 355 g/mol. The molecule has 0 radical (unpaired) electrons. The second kappa shape index (κ2) is 7.58. The van der Waals surface area contributed by atoms with Crippen LogP contribution in [0.3, 0.4) is 0 Å². The first-order chi connectivity index (χ1) is 12.1. The maximum atomic E-state index is 12.2. The highest BCUT2D eigenvalue weighted by Gasteiger charge is 2.15. The summed E-state index contributed by atoms with van der Waals surface area (Å²) < 4.78 is 1.97. The Balaban J connectivity index is 1.69. The van der Waals surface area contributed by atoms with Crippen LogP contribution in [0.1, 0.15) is 38.0 Å². The number of carbonyl (C=O) groups excluding carboxylic acids is 1. The third-order valence-corrected chi connectivity index (χ3v) is 4.96. The minimum atomic E-state index is -0.189. The van der Waals surface area contributed by atoms with Gasteiger partial charge in [0, 0.05) is 29.7 Å². The van der Waals surface area contributed by atoms with Crippen LogP contribution >= 0.6 is 11.3 Å². The largest absolute Gasteiger partial charge is 0.346 e. The molecular weight excluding hydrogens is 334 g/mol. The number of rotatable bonds is 6. The fourth-order valence-corrected chi connectivity index (χ4v) is 3.32.